The molecule has 0 aliphatic carbocycles. The number of ether oxygens (including phenoxy) is 2. The van der Waals surface area contributed by atoms with Gasteiger partial charge in [-0.25, -0.2) is 0 Å². The molecule has 0 aliphatic heterocycles. The van der Waals surface area contributed by atoms with Crippen molar-refractivity contribution in [1.82, 2.24) is 0 Å². The second-order valence-electron chi connectivity index (χ2n) is 3.43. The van der Waals surface area contributed by atoms with Gasteiger partial charge in [-0.3, -0.25) is 4.79 Å². The Morgan fingerprint density at radius 2 is 2.06 bits per heavy atom. The van der Waals surface area contributed by atoms with Gasteiger partial charge in [0.1, 0.15) is 11.5 Å². The standard InChI is InChI=1S/C12H16O4/c1-15-10-6-7-11(16-2)9(8-10)4-3-5-12(13)14/h6-8H,3-5H2,1-2H3,(H,13,14). The van der Waals surface area contributed by atoms with Crippen LogP contribution in [-0.4, -0.2) is 25.3 Å². The summed E-state index contributed by atoms with van der Waals surface area (Å²) in [6, 6.07) is 5.52. The van der Waals surface area contributed by atoms with Crippen molar-refractivity contribution >= 4 is 5.97 Å². The molecule has 0 spiro atoms. The monoisotopic (exact) mass is 224 g/mol. The largest absolute Gasteiger partial charge is 0.497 e. The molecule has 0 heterocycles. The van der Waals surface area contributed by atoms with Crippen molar-refractivity contribution in [3.05, 3.63) is 23.8 Å². The summed E-state index contributed by atoms with van der Waals surface area (Å²) in [5, 5.41) is 8.56. The summed E-state index contributed by atoms with van der Waals surface area (Å²) in [5.41, 5.74) is 0.975. The van der Waals surface area contributed by atoms with Gasteiger partial charge in [0.05, 0.1) is 14.2 Å². The van der Waals surface area contributed by atoms with E-state index in [2.05, 4.69) is 0 Å². The normalized spacial score (nSPS) is 9.88. The fourth-order valence-electron chi connectivity index (χ4n) is 1.51. The van der Waals surface area contributed by atoms with Crippen molar-refractivity contribution in [1.29, 1.82) is 0 Å². The maximum Gasteiger partial charge on any atom is 0.303 e. The van der Waals surface area contributed by atoms with E-state index < -0.39 is 5.97 Å². The Balaban J connectivity index is 2.71. The van der Waals surface area contributed by atoms with E-state index in [1.54, 1.807) is 14.2 Å². The Morgan fingerprint density at radius 1 is 1.31 bits per heavy atom. The first-order chi connectivity index (χ1) is 7.67. The molecular formula is C12H16O4. The zero-order chi connectivity index (χ0) is 12.0. The van der Waals surface area contributed by atoms with Crippen molar-refractivity contribution in [2.45, 2.75) is 19.3 Å². The highest BCUT2D eigenvalue weighted by molar-refractivity contribution is 5.66. The lowest BCUT2D eigenvalue weighted by atomic mass is 10.1. The van der Waals surface area contributed by atoms with E-state index >= 15 is 0 Å². The van der Waals surface area contributed by atoms with Gasteiger partial charge in [-0.2, -0.15) is 0 Å². The SMILES string of the molecule is COc1ccc(OC)c(CCCC(=O)O)c1. The molecular weight excluding hydrogens is 208 g/mol. The molecule has 1 aromatic carbocycles. The molecule has 1 rings (SSSR count). The Bertz CT molecular complexity index is 360. The maximum atomic E-state index is 10.4. The number of hydrogen-bond acceptors (Lipinski definition) is 3. The predicted octanol–water partition coefficient (Wildman–Crippen LogP) is 2.11. The van der Waals surface area contributed by atoms with Gasteiger partial charge in [0, 0.05) is 6.42 Å². The summed E-state index contributed by atoms with van der Waals surface area (Å²) in [5.74, 6) is 0.749. The van der Waals surface area contributed by atoms with Crippen LogP contribution in [0.25, 0.3) is 0 Å². The van der Waals surface area contributed by atoms with Crippen molar-refractivity contribution < 1.29 is 19.4 Å². The summed E-state index contributed by atoms with van der Waals surface area (Å²) in [6.07, 6.45) is 1.44. The predicted molar refractivity (Wildman–Crippen MR) is 60.1 cm³/mol. The van der Waals surface area contributed by atoms with Gasteiger partial charge < -0.3 is 14.6 Å². The van der Waals surface area contributed by atoms with E-state index in [4.69, 9.17) is 14.6 Å². The van der Waals surface area contributed by atoms with E-state index in [1.807, 2.05) is 18.2 Å². The number of carboxylic acids is 1. The third kappa shape index (κ3) is 3.46. The van der Waals surface area contributed by atoms with Gasteiger partial charge in [-0.1, -0.05) is 0 Å². The smallest absolute Gasteiger partial charge is 0.303 e. The quantitative estimate of drug-likeness (QED) is 0.804. The van der Waals surface area contributed by atoms with E-state index in [9.17, 15) is 4.79 Å². The minimum atomic E-state index is -0.776. The van der Waals surface area contributed by atoms with E-state index in [-0.39, 0.29) is 6.42 Å². The van der Waals surface area contributed by atoms with Crippen LogP contribution in [0.15, 0.2) is 18.2 Å². The molecule has 0 saturated heterocycles. The van der Waals surface area contributed by atoms with Crippen molar-refractivity contribution in [2.75, 3.05) is 14.2 Å². The zero-order valence-corrected chi connectivity index (χ0v) is 9.53. The molecule has 0 aliphatic rings. The molecule has 0 aromatic heterocycles. The highest BCUT2D eigenvalue weighted by atomic mass is 16.5. The highest BCUT2D eigenvalue weighted by Gasteiger charge is 2.06. The van der Waals surface area contributed by atoms with Gasteiger partial charge in [-0.15, -0.1) is 0 Å². The number of carboxylic acid groups (broad SMARTS) is 1. The molecule has 1 aromatic rings. The fourth-order valence-corrected chi connectivity index (χ4v) is 1.51. The first-order valence-electron chi connectivity index (χ1n) is 5.10. The summed E-state index contributed by atoms with van der Waals surface area (Å²) in [7, 11) is 3.20. The fraction of sp³-hybridized carbons (Fsp3) is 0.417. The first kappa shape index (κ1) is 12.4. The number of aliphatic carboxylic acids is 1. The van der Waals surface area contributed by atoms with Crippen LogP contribution in [0.4, 0.5) is 0 Å². The molecule has 0 amide bonds. The minimum absolute atomic E-state index is 0.167. The highest BCUT2D eigenvalue weighted by Crippen LogP contribution is 2.25. The average molecular weight is 224 g/mol. The van der Waals surface area contributed by atoms with Crippen LogP contribution in [0.5, 0.6) is 11.5 Å². The van der Waals surface area contributed by atoms with E-state index in [0.29, 0.717) is 12.8 Å². The Morgan fingerprint density at radius 3 is 2.62 bits per heavy atom. The van der Waals surface area contributed by atoms with Crippen molar-refractivity contribution in [3.8, 4) is 11.5 Å². The first-order valence-corrected chi connectivity index (χ1v) is 5.10. The molecule has 0 atom stereocenters. The van der Waals surface area contributed by atoms with Gasteiger partial charge in [-0.05, 0) is 36.6 Å². The molecule has 88 valence electrons. The minimum Gasteiger partial charge on any atom is -0.497 e. The maximum absolute atomic E-state index is 10.4. The third-order valence-electron chi connectivity index (χ3n) is 2.32. The molecule has 0 unspecified atom stereocenters. The lowest BCUT2D eigenvalue weighted by Gasteiger charge is -2.09. The van der Waals surface area contributed by atoms with E-state index in [0.717, 1.165) is 17.1 Å². The molecule has 0 bridgehead atoms. The lowest BCUT2D eigenvalue weighted by Crippen LogP contribution is -1.98. The lowest BCUT2D eigenvalue weighted by molar-refractivity contribution is -0.137. The number of aryl methyl sites for hydroxylation is 1. The van der Waals surface area contributed by atoms with E-state index in [1.165, 1.54) is 0 Å². The molecule has 4 nitrogen and oxygen atoms in total. The molecule has 0 radical (unpaired) electrons. The number of benzene rings is 1. The van der Waals surface area contributed by atoms with Crippen LogP contribution in [0.2, 0.25) is 0 Å². The van der Waals surface area contributed by atoms with Gasteiger partial charge in [0.15, 0.2) is 0 Å². The molecule has 0 saturated carbocycles. The summed E-state index contributed by atoms with van der Waals surface area (Å²) in [6.45, 7) is 0. The van der Waals surface area contributed by atoms with Gasteiger partial charge >= 0.3 is 5.97 Å². The average Bonchev–Trinajstić information content (AvgIpc) is 2.28. The number of methoxy groups -OCH3 is 2. The second kappa shape index (κ2) is 6.00. The summed E-state index contributed by atoms with van der Waals surface area (Å²) >= 11 is 0. The van der Waals surface area contributed by atoms with Crippen LogP contribution < -0.4 is 9.47 Å². The van der Waals surface area contributed by atoms with Crippen LogP contribution in [-0.2, 0) is 11.2 Å². The molecule has 4 heteroatoms. The van der Waals surface area contributed by atoms with Crippen LogP contribution in [0.1, 0.15) is 18.4 Å². The van der Waals surface area contributed by atoms with Gasteiger partial charge in [0.25, 0.3) is 0 Å². The van der Waals surface area contributed by atoms with Crippen LogP contribution in [0, 0.1) is 0 Å². The number of rotatable bonds is 6. The Hall–Kier alpha value is -1.71. The van der Waals surface area contributed by atoms with Gasteiger partial charge in [0.2, 0.25) is 0 Å². The molecule has 1 N–H and O–H groups in total. The van der Waals surface area contributed by atoms with Crippen molar-refractivity contribution in [2.24, 2.45) is 0 Å². The van der Waals surface area contributed by atoms with Crippen molar-refractivity contribution in [3.63, 3.8) is 0 Å². The topological polar surface area (TPSA) is 55.8 Å². The summed E-state index contributed by atoms with van der Waals surface area (Å²) in [4.78, 5) is 10.4. The Kier molecular flexibility index (Phi) is 4.64. The molecule has 0 fully saturated rings. The number of hydrogen-bond donors (Lipinski definition) is 1. The molecule has 16 heavy (non-hydrogen) atoms. The number of carbonyl (C=O) groups is 1. The zero-order valence-electron chi connectivity index (χ0n) is 9.53. The summed E-state index contributed by atoms with van der Waals surface area (Å²) < 4.78 is 10.3. The van der Waals surface area contributed by atoms with Crippen LogP contribution >= 0.6 is 0 Å². The Labute approximate surface area is 94.8 Å². The second-order valence-corrected chi connectivity index (χ2v) is 3.43. The van der Waals surface area contributed by atoms with Crippen LogP contribution in [0.3, 0.4) is 0 Å². The third-order valence-corrected chi connectivity index (χ3v) is 2.32.